The molecule has 4 N–H and O–H groups in total. The largest absolute Gasteiger partial charge is 0.368 e. The summed E-state index contributed by atoms with van der Waals surface area (Å²) < 4.78 is 5.29. The summed E-state index contributed by atoms with van der Waals surface area (Å²) in [6, 6.07) is 9.25. The lowest BCUT2D eigenvalue weighted by atomic mass is 10.2. The summed E-state index contributed by atoms with van der Waals surface area (Å²) in [5, 5.41) is 8.05. The maximum absolute atomic E-state index is 12.2. The standard InChI is InChI=1S/C20H22N4O5/c25-17(22-10-11-23-20(28)16-4-2-12-29-16)13-5-7-14(8-6-13)24-19(27)15-3-1-9-21-18(15)26/h1,3,5-9,16H,2,4,10-12H2,(H,21,26)(H,22,25)(H,23,28)(H,24,27). The van der Waals surface area contributed by atoms with Crippen LogP contribution in [0.5, 0.6) is 0 Å². The Balaban J connectivity index is 1.45. The highest BCUT2D eigenvalue weighted by Gasteiger charge is 2.22. The number of hydrogen-bond donors (Lipinski definition) is 4. The zero-order valence-electron chi connectivity index (χ0n) is 15.7. The second-order valence-corrected chi connectivity index (χ2v) is 6.49. The smallest absolute Gasteiger partial charge is 0.261 e. The van der Waals surface area contributed by atoms with Crippen molar-refractivity contribution in [2.45, 2.75) is 18.9 Å². The third kappa shape index (κ3) is 5.52. The molecular formula is C20H22N4O5. The zero-order valence-corrected chi connectivity index (χ0v) is 15.7. The van der Waals surface area contributed by atoms with E-state index < -0.39 is 11.5 Å². The SMILES string of the molecule is O=C(NCCNC(=O)C1CCCO1)c1ccc(NC(=O)c2ccc[nH]c2=O)cc1. The lowest BCUT2D eigenvalue weighted by molar-refractivity contribution is -0.129. The van der Waals surface area contributed by atoms with Crippen molar-refractivity contribution in [3.63, 3.8) is 0 Å². The summed E-state index contributed by atoms with van der Waals surface area (Å²) in [4.78, 5) is 50.2. The molecule has 0 aliphatic carbocycles. The van der Waals surface area contributed by atoms with Gasteiger partial charge in [-0.3, -0.25) is 19.2 Å². The molecular weight excluding hydrogens is 376 g/mol. The van der Waals surface area contributed by atoms with E-state index in [4.69, 9.17) is 4.74 Å². The highest BCUT2D eigenvalue weighted by atomic mass is 16.5. The molecule has 29 heavy (non-hydrogen) atoms. The summed E-state index contributed by atoms with van der Waals surface area (Å²) in [6.45, 7) is 1.20. The van der Waals surface area contributed by atoms with Crippen molar-refractivity contribution >= 4 is 23.4 Å². The Bertz CT molecular complexity index is 932. The van der Waals surface area contributed by atoms with Gasteiger partial charge in [-0.1, -0.05) is 0 Å². The lowest BCUT2D eigenvalue weighted by Crippen LogP contribution is -2.39. The minimum Gasteiger partial charge on any atom is -0.368 e. The molecule has 1 saturated heterocycles. The third-order valence-electron chi connectivity index (χ3n) is 4.40. The maximum Gasteiger partial charge on any atom is 0.261 e. The van der Waals surface area contributed by atoms with E-state index in [1.54, 1.807) is 30.3 Å². The molecule has 0 spiro atoms. The van der Waals surface area contributed by atoms with Gasteiger partial charge in [-0.2, -0.15) is 0 Å². The highest BCUT2D eigenvalue weighted by molar-refractivity contribution is 6.04. The topological polar surface area (TPSA) is 129 Å². The third-order valence-corrected chi connectivity index (χ3v) is 4.40. The number of pyridine rings is 1. The number of H-pyrrole nitrogens is 1. The monoisotopic (exact) mass is 398 g/mol. The van der Waals surface area contributed by atoms with Gasteiger partial charge in [-0.15, -0.1) is 0 Å². The molecule has 1 unspecified atom stereocenters. The van der Waals surface area contributed by atoms with Gasteiger partial charge in [0, 0.05) is 37.1 Å². The van der Waals surface area contributed by atoms with Crippen LogP contribution in [-0.2, 0) is 9.53 Å². The number of nitrogens with one attached hydrogen (secondary N) is 4. The van der Waals surface area contributed by atoms with Crippen LogP contribution in [0.3, 0.4) is 0 Å². The Morgan fingerprint density at radius 1 is 1.03 bits per heavy atom. The van der Waals surface area contributed by atoms with Gasteiger partial charge in [0.05, 0.1) is 0 Å². The Labute approximate surface area is 166 Å². The molecule has 9 heteroatoms. The van der Waals surface area contributed by atoms with E-state index in [1.165, 1.54) is 12.3 Å². The normalized spacial score (nSPS) is 15.5. The van der Waals surface area contributed by atoms with Gasteiger partial charge in [0.1, 0.15) is 11.7 Å². The Hall–Kier alpha value is -3.46. The average Bonchev–Trinajstić information content (AvgIpc) is 3.27. The first kappa shape index (κ1) is 20.3. The highest BCUT2D eigenvalue weighted by Crippen LogP contribution is 2.12. The van der Waals surface area contributed by atoms with Crippen molar-refractivity contribution in [1.29, 1.82) is 0 Å². The number of anilines is 1. The fraction of sp³-hybridized carbons (Fsp3) is 0.300. The predicted octanol–water partition coefficient (Wildman–Crippen LogP) is 0.652. The lowest BCUT2D eigenvalue weighted by Gasteiger charge is -2.11. The molecule has 3 amide bonds. The second-order valence-electron chi connectivity index (χ2n) is 6.49. The summed E-state index contributed by atoms with van der Waals surface area (Å²) in [7, 11) is 0. The maximum atomic E-state index is 12.2. The van der Waals surface area contributed by atoms with Crippen LogP contribution in [0.15, 0.2) is 47.4 Å². The predicted molar refractivity (Wildman–Crippen MR) is 106 cm³/mol. The molecule has 152 valence electrons. The van der Waals surface area contributed by atoms with E-state index in [2.05, 4.69) is 20.9 Å². The van der Waals surface area contributed by atoms with Gasteiger partial charge in [-0.05, 0) is 49.2 Å². The Kier molecular flexibility index (Phi) is 6.75. The summed E-state index contributed by atoms with van der Waals surface area (Å²) in [5.41, 5.74) is 0.386. The van der Waals surface area contributed by atoms with Gasteiger partial charge in [0.2, 0.25) is 5.91 Å². The van der Waals surface area contributed by atoms with E-state index >= 15 is 0 Å². The van der Waals surface area contributed by atoms with Crippen LogP contribution >= 0.6 is 0 Å². The summed E-state index contributed by atoms with van der Waals surface area (Å²) >= 11 is 0. The number of rotatable bonds is 7. The molecule has 1 fully saturated rings. The van der Waals surface area contributed by atoms with Crippen molar-refractivity contribution in [1.82, 2.24) is 15.6 Å². The number of carbonyl (C=O) groups is 3. The molecule has 1 aromatic heterocycles. The number of aromatic nitrogens is 1. The quantitative estimate of drug-likeness (QED) is 0.509. The molecule has 1 atom stereocenters. The minimum atomic E-state index is -0.536. The van der Waals surface area contributed by atoms with Crippen LogP contribution in [0.25, 0.3) is 0 Å². The Morgan fingerprint density at radius 2 is 1.79 bits per heavy atom. The first-order valence-electron chi connectivity index (χ1n) is 9.31. The number of hydrogen-bond acceptors (Lipinski definition) is 5. The molecule has 0 radical (unpaired) electrons. The van der Waals surface area contributed by atoms with Crippen molar-refractivity contribution in [2.75, 3.05) is 25.0 Å². The van der Waals surface area contributed by atoms with Crippen molar-refractivity contribution in [3.05, 3.63) is 64.1 Å². The summed E-state index contributed by atoms with van der Waals surface area (Å²) in [6.07, 6.45) is 2.66. The van der Waals surface area contributed by atoms with E-state index in [9.17, 15) is 19.2 Å². The molecule has 9 nitrogen and oxygen atoms in total. The van der Waals surface area contributed by atoms with Gasteiger partial charge in [0.25, 0.3) is 17.4 Å². The molecule has 0 bridgehead atoms. The fourth-order valence-electron chi connectivity index (χ4n) is 2.87. The van der Waals surface area contributed by atoms with Crippen LogP contribution in [0.4, 0.5) is 5.69 Å². The average molecular weight is 398 g/mol. The molecule has 2 aromatic rings. The molecule has 1 aromatic carbocycles. The number of carbonyl (C=O) groups excluding carboxylic acids is 3. The van der Waals surface area contributed by atoms with Crippen LogP contribution in [0.1, 0.15) is 33.6 Å². The zero-order chi connectivity index (χ0) is 20.6. The van der Waals surface area contributed by atoms with E-state index in [-0.39, 0.29) is 30.0 Å². The molecule has 1 aliphatic heterocycles. The van der Waals surface area contributed by atoms with Crippen molar-refractivity contribution < 1.29 is 19.1 Å². The molecule has 1 aliphatic rings. The Morgan fingerprint density at radius 3 is 2.48 bits per heavy atom. The van der Waals surface area contributed by atoms with Crippen LogP contribution < -0.4 is 21.5 Å². The van der Waals surface area contributed by atoms with Gasteiger partial charge in [0.15, 0.2) is 0 Å². The van der Waals surface area contributed by atoms with E-state index in [0.717, 1.165) is 12.8 Å². The number of benzene rings is 1. The molecule has 3 rings (SSSR count). The van der Waals surface area contributed by atoms with Crippen molar-refractivity contribution in [2.24, 2.45) is 0 Å². The van der Waals surface area contributed by atoms with Gasteiger partial charge >= 0.3 is 0 Å². The first-order valence-corrected chi connectivity index (χ1v) is 9.31. The van der Waals surface area contributed by atoms with Crippen LogP contribution in [0.2, 0.25) is 0 Å². The number of ether oxygens (including phenoxy) is 1. The summed E-state index contributed by atoms with van der Waals surface area (Å²) in [5.74, 6) is -0.992. The van der Waals surface area contributed by atoms with Gasteiger partial charge < -0.3 is 25.7 Å². The van der Waals surface area contributed by atoms with Crippen LogP contribution in [0, 0.1) is 0 Å². The van der Waals surface area contributed by atoms with E-state index in [1.807, 2.05) is 0 Å². The van der Waals surface area contributed by atoms with E-state index in [0.29, 0.717) is 24.4 Å². The second kappa shape index (κ2) is 9.65. The minimum absolute atomic E-state index is 0.000583. The van der Waals surface area contributed by atoms with Crippen LogP contribution in [-0.4, -0.2) is 48.5 Å². The fourth-order valence-corrected chi connectivity index (χ4v) is 2.87. The number of aromatic amines is 1. The van der Waals surface area contributed by atoms with Gasteiger partial charge in [-0.25, -0.2) is 0 Å². The first-order chi connectivity index (χ1) is 14.0. The molecule has 2 heterocycles. The molecule has 0 saturated carbocycles. The van der Waals surface area contributed by atoms with Crippen molar-refractivity contribution in [3.8, 4) is 0 Å². The number of amides is 3.